The van der Waals surface area contributed by atoms with Crippen LogP contribution in [-0.4, -0.2) is 26.2 Å². The third-order valence-electron chi connectivity index (χ3n) is 1.63. The number of hydrogen-bond donors (Lipinski definition) is 0. The highest BCUT2D eigenvalue weighted by Crippen LogP contribution is 2.22. The van der Waals surface area contributed by atoms with Gasteiger partial charge in [0, 0.05) is 6.00 Å². The summed E-state index contributed by atoms with van der Waals surface area (Å²) in [5, 5.41) is 0. The minimum atomic E-state index is -0.264. The van der Waals surface area contributed by atoms with Crippen LogP contribution in [0.25, 0.3) is 0 Å². The van der Waals surface area contributed by atoms with Gasteiger partial charge in [-0.05, 0) is 12.3 Å². The lowest BCUT2D eigenvalue weighted by molar-refractivity contribution is -0.117. The molecule has 1 aliphatic heterocycles. The molecule has 0 N–H and O–H groups in total. The van der Waals surface area contributed by atoms with Gasteiger partial charge in [-0.2, -0.15) is 0 Å². The zero-order valence-electron chi connectivity index (χ0n) is 5.41. The van der Waals surface area contributed by atoms with Gasteiger partial charge < -0.3 is 9.53 Å². The SMILES string of the molecule is [B][C@H]1C[C@@H](C)[C@@H](C=O)O1. The van der Waals surface area contributed by atoms with Gasteiger partial charge in [0.15, 0.2) is 0 Å². The molecular weight excluding hydrogens is 115 g/mol. The fraction of sp³-hybridized carbons (Fsp3) is 0.833. The van der Waals surface area contributed by atoms with Crippen LogP contribution in [0.1, 0.15) is 13.3 Å². The molecule has 3 heteroatoms. The maximum atomic E-state index is 10.2. The summed E-state index contributed by atoms with van der Waals surface area (Å²) in [6.45, 7) is 1.96. The molecule has 1 rings (SSSR count). The smallest absolute Gasteiger partial charge is 0.149 e. The van der Waals surface area contributed by atoms with E-state index in [-0.39, 0.29) is 18.0 Å². The first-order valence-electron chi connectivity index (χ1n) is 3.10. The molecule has 48 valence electrons. The van der Waals surface area contributed by atoms with Crippen molar-refractivity contribution in [2.24, 2.45) is 5.92 Å². The van der Waals surface area contributed by atoms with Crippen molar-refractivity contribution in [3.8, 4) is 0 Å². The average molecular weight is 124 g/mol. The second-order valence-corrected chi connectivity index (χ2v) is 2.49. The molecule has 3 atom stereocenters. The Morgan fingerprint density at radius 1 is 1.78 bits per heavy atom. The first kappa shape index (κ1) is 6.81. The summed E-state index contributed by atoms with van der Waals surface area (Å²) in [6.07, 6.45) is 1.35. The normalized spacial score (nSPS) is 43.0. The Hall–Kier alpha value is -0.305. The maximum absolute atomic E-state index is 10.2. The quantitative estimate of drug-likeness (QED) is 0.366. The predicted molar refractivity (Wildman–Crippen MR) is 34.3 cm³/mol. The molecule has 0 spiro atoms. The molecule has 0 amide bonds. The van der Waals surface area contributed by atoms with Crippen LogP contribution in [0.4, 0.5) is 0 Å². The second-order valence-electron chi connectivity index (χ2n) is 2.49. The van der Waals surface area contributed by atoms with Crippen molar-refractivity contribution in [3.63, 3.8) is 0 Å². The van der Waals surface area contributed by atoms with E-state index in [0.29, 0.717) is 0 Å². The van der Waals surface area contributed by atoms with Crippen LogP contribution in [0.3, 0.4) is 0 Å². The molecule has 0 aliphatic carbocycles. The minimum absolute atomic E-state index is 0.227. The average Bonchev–Trinajstić information content (AvgIpc) is 2.10. The summed E-state index contributed by atoms with van der Waals surface area (Å²) < 4.78 is 5.03. The largest absolute Gasteiger partial charge is 0.377 e. The van der Waals surface area contributed by atoms with Crippen LogP contribution in [0, 0.1) is 5.92 Å². The van der Waals surface area contributed by atoms with E-state index in [1.165, 1.54) is 0 Å². The molecule has 2 radical (unpaired) electrons. The lowest BCUT2D eigenvalue weighted by Gasteiger charge is -2.04. The second kappa shape index (κ2) is 2.52. The Morgan fingerprint density at radius 2 is 2.44 bits per heavy atom. The minimum Gasteiger partial charge on any atom is -0.377 e. The number of aldehydes is 1. The van der Waals surface area contributed by atoms with Gasteiger partial charge in [0.1, 0.15) is 20.2 Å². The molecule has 0 unspecified atom stereocenters. The summed E-state index contributed by atoms with van der Waals surface area (Å²) in [5.74, 6) is 0.289. The summed E-state index contributed by atoms with van der Waals surface area (Å²) in [6, 6.07) is -0.227. The van der Waals surface area contributed by atoms with E-state index in [4.69, 9.17) is 12.6 Å². The molecular formula is C6H9BO2. The number of ether oxygens (including phenoxy) is 1. The zero-order chi connectivity index (χ0) is 6.85. The van der Waals surface area contributed by atoms with Crippen LogP contribution in [-0.2, 0) is 9.53 Å². The summed E-state index contributed by atoms with van der Waals surface area (Å²) in [4.78, 5) is 10.2. The van der Waals surface area contributed by atoms with Gasteiger partial charge in [0.25, 0.3) is 0 Å². The van der Waals surface area contributed by atoms with E-state index in [1.54, 1.807) is 0 Å². The lowest BCUT2D eigenvalue weighted by Crippen LogP contribution is -2.15. The van der Waals surface area contributed by atoms with Crippen LogP contribution in [0.5, 0.6) is 0 Å². The van der Waals surface area contributed by atoms with E-state index in [0.717, 1.165) is 12.7 Å². The van der Waals surface area contributed by atoms with Gasteiger partial charge in [-0.15, -0.1) is 0 Å². The van der Waals surface area contributed by atoms with Gasteiger partial charge in [-0.3, -0.25) is 0 Å². The molecule has 0 aromatic heterocycles. The molecule has 1 fully saturated rings. The van der Waals surface area contributed by atoms with Gasteiger partial charge in [-0.25, -0.2) is 0 Å². The third kappa shape index (κ3) is 1.33. The fourth-order valence-corrected chi connectivity index (χ4v) is 1.06. The predicted octanol–water partition coefficient (Wildman–Crippen LogP) is 0.105. The molecule has 1 heterocycles. The highest BCUT2D eigenvalue weighted by Gasteiger charge is 2.28. The number of rotatable bonds is 1. The van der Waals surface area contributed by atoms with Crippen molar-refractivity contribution < 1.29 is 9.53 Å². The van der Waals surface area contributed by atoms with E-state index in [9.17, 15) is 4.79 Å². The molecule has 2 nitrogen and oxygen atoms in total. The zero-order valence-corrected chi connectivity index (χ0v) is 5.41. The Balaban J connectivity index is 2.47. The van der Waals surface area contributed by atoms with Crippen molar-refractivity contribution in [2.45, 2.75) is 25.5 Å². The van der Waals surface area contributed by atoms with E-state index in [1.807, 2.05) is 6.92 Å². The topological polar surface area (TPSA) is 26.3 Å². The molecule has 0 saturated carbocycles. The summed E-state index contributed by atoms with van der Waals surface area (Å²) in [5.41, 5.74) is 0. The monoisotopic (exact) mass is 124 g/mol. The number of hydrogen-bond acceptors (Lipinski definition) is 2. The highest BCUT2D eigenvalue weighted by molar-refractivity contribution is 6.11. The molecule has 0 aromatic rings. The third-order valence-corrected chi connectivity index (χ3v) is 1.63. The Kier molecular flexibility index (Phi) is 1.91. The molecule has 9 heavy (non-hydrogen) atoms. The van der Waals surface area contributed by atoms with Crippen LogP contribution >= 0.6 is 0 Å². The Bertz CT molecular complexity index is 116. The van der Waals surface area contributed by atoms with E-state index >= 15 is 0 Å². The Morgan fingerprint density at radius 3 is 2.67 bits per heavy atom. The Labute approximate surface area is 56.0 Å². The maximum Gasteiger partial charge on any atom is 0.149 e. The standard InChI is InChI=1S/C6H9BO2/c1-4-2-6(7)9-5(4)3-8/h3-6H,2H2,1H3/t4-,5-,6-/m1/s1. The molecule has 1 saturated heterocycles. The van der Waals surface area contributed by atoms with E-state index in [2.05, 4.69) is 0 Å². The van der Waals surface area contributed by atoms with E-state index < -0.39 is 0 Å². The van der Waals surface area contributed by atoms with Gasteiger partial charge in [-0.1, -0.05) is 6.92 Å². The first-order valence-corrected chi connectivity index (χ1v) is 3.10. The van der Waals surface area contributed by atoms with Gasteiger partial charge in [0.2, 0.25) is 0 Å². The number of carbonyl (C=O) groups is 1. The lowest BCUT2D eigenvalue weighted by atomic mass is 9.92. The van der Waals surface area contributed by atoms with Crippen LogP contribution in [0.15, 0.2) is 0 Å². The first-order chi connectivity index (χ1) is 4.24. The van der Waals surface area contributed by atoms with Gasteiger partial charge in [0.05, 0.1) is 0 Å². The van der Waals surface area contributed by atoms with Crippen molar-refractivity contribution in [2.75, 3.05) is 0 Å². The van der Waals surface area contributed by atoms with Crippen molar-refractivity contribution >= 4 is 14.1 Å². The fourth-order valence-electron chi connectivity index (χ4n) is 1.06. The highest BCUT2D eigenvalue weighted by atomic mass is 16.5. The molecule has 1 aliphatic rings. The summed E-state index contributed by atoms with van der Waals surface area (Å²) in [7, 11) is 5.41. The summed E-state index contributed by atoms with van der Waals surface area (Å²) >= 11 is 0. The molecule has 0 bridgehead atoms. The van der Waals surface area contributed by atoms with Crippen LogP contribution < -0.4 is 0 Å². The van der Waals surface area contributed by atoms with Gasteiger partial charge >= 0.3 is 0 Å². The molecule has 0 aromatic carbocycles. The van der Waals surface area contributed by atoms with Crippen LogP contribution in [0.2, 0.25) is 0 Å². The number of carbonyl (C=O) groups excluding carboxylic acids is 1. The van der Waals surface area contributed by atoms with Crippen molar-refractivity contribution in [1.29, 1.82) is 0 Å². The van der Waals surface area contributed by atoms with Crippen molar-refractivity contribution in [1.82, 2.24) is 0 Å². The van der Waals surface area contributed by atoms with Crippen molar-refractivity contribution in [3.05, 3.63) is 0 Å².